The van der Waals surface area contributed by atoms with Crippen LogP contribution in [0, 0.1) is 0 Å². The second-order valence-electron chi connectivity index (χ2n) is 6.82. The van der Waals surface area contributed by atoms with E-state index in [1.165, 1.54) is 4.90 Å². The number of nitrogens with zero attached hydrogens (tertiary/aromatic N) is 3. The number of fused-ring (bicyclic) bond motifs is 1. The molecule has 3 amide bonds. The highest BCUT2D eigenvalue weighted by Crippen LogP contribution is 2.25. The van der Waals surface area contributed by atoms with E-state index >= 15 is 0 Å². The first kappa shape index (κ1) is 17.6. The molecule has 0 aliphatic carbocycles. The number of likely N-dealkylation sites (N-methyl/N-ethyl adjacent to an activating group) is 1. The molecule has 134 valence electrons. The van der Waals surface area contributed by atoms with Crippen molar-refractivity contribution in [3.8, 4) is 0 Å². The van der Waals surface area contributed by atoms with E-state index in [-0.39, 0.29) is 17.7 Å². The molecule has 6 nitrogen and oxygen atoms in total. The molecule has 2 heterocycles. The maximum Gasteiger partial charge on any atom is 0.261 e. The Hall–Kier alpha value is -2.21. The molecule has 1 aromatic carbocycles. The van der Waals surface area contributed by atoms with Crippen LogP contribution in [-0.2, 0) is 0 Å². The van der Waals surface area contributed by atoms with Crippen LogP contribution in [0.3, 0.4) is 0 Å². The molecule has 1 aromatic rings. The number of imide groups is 1. The molecule has 6 heteroatoms. The minimum atomic E-state index is -0.279. The van der Waals surface area contributed by atoms with E-state index in [1.807, 2.05) is 11.8 Å². The van der Waals surface area contributed by atoms with Gasteiger partial charge >= 0.3 is 0 Å². The molecule has 0 bridgehead atoms. The first-order valence-corrected chi connectivity index (χ1v) is 9.01. The number of hydrogen-bond donors (Lipinski definition) is 0. The van der Waals surface area contributed by atoms with Crippen LogP contribution in [-0.4, -0.2) is 72.2 Å². The summed E-state index contributed by atoms with van der Waals surface area (Å²) in [7, 11) is 2.05. The zero-order valence-corrected chi connectivity index (χ0v) is 15.0. The van der Waals surface area contributed by atoms with Crippen LogP contribution >= 0.6 is 0 Å². The van der Waals surface area contributed by atoms with Crippen LogP contribution < -0.4 is 0 Å². The highest BCUT2D eigenvalue weighted by atomic mass is 16.2. The van der Waals surface area contributed by atoms with Crippen molar-refractivity contribution in [2.75, 3.05) is 39.8 Å². The van der Waals surface area contributed by atoms with Crippen molar-refractivity contribution in [3.05, 3.63) is 34.9 Å². The van der Waals surface area contributed by atoms with E-state index < -0.39 is 0 Å². The largest absolute Gasteiger partial charge is 0.337 e. The van der Waals surface area contributed by atoms with E-state index in [0.717, 1.165) is 38.9 Å². The predicted octanol–water partition coefficient (Wildman–Crippen LogP) is 1.86. The lowest BCUT2D eigenvalue weighted by Gasteiger charge is -2.20. The number of rotatable bonds is 4. The number of carbonyl (C=O) groups excluding carboxylic acids is 3. The quantitative estimate of drug-likeness (QED) is 0.783. The molecule has 0 saturated carbocycles. The van der Waals surface area contributed by atoms with Crippen molar-refractivity contribution in [2.24, 2.45) is 0 Å². The van der Waals surface area contributed by atoms with Gasteiger partial charge in [-0.1, -0.05) is 13.3 Å². The average molecular weight is 343 g/mol. The molecular formula is C19H25N3O3. The number of unbranched alkanes of at least 4 members (excludes halogenated alkanes) is 1. The van der Waals surface area contributed by atoms with Gasteiger partial charge in [0.15, 0.2) is 0 Å². The topological polar surface area (TPSA) is 60.9 Å². The number of amides is 3. The fourth-order valence-electron chi connectivity index (χ4n) is 3.38. The molecule has 1 saturated heterocycles. The third kappa shape index (κ3) is 3.44. The summed E-state index contributed by atoms with van der Waals surface area (Å²) in [5, 5.41) is 0. The summed E-state index contributed by atoms with van der Waals surface area (Å²) < 4.78 is 0. The fraction of sp³-hybridized carbons (Fsp3) is 0.526. The lowest BCUT2D eigenvalue weighted by molar-refractivity contribution is 0.0652. The van der Waals surface area contributed by atoms with Crippen LogP contribution in [0.4, 0.5) is 0 Å². The van der Waals surface area contributed by atoms with Crippen molar-refractivity contribution in [1.29, 1.82) is 0 Å². The predicted molar refractivity (Wildman–Crippen MR) is 94.7 cm³/mol. The normalized spacial score (nSPS) is 18.5. The Labute approximate surface area is 148 Å². The Morgan fingerprint density at radius 3 is 2.56 bits per heavy atom. The molecule has 25 heavy (non-hydrogen) atoms. The third-order valence-electron chi connectivity index (χ3n) is 4.96. The number of benzene rings is 1. The van der Waals surface area contributed by atoms with E-state index in [0.29, 0.717) is 29.8 Å². The molecular weight excluding hydrogens is 318 g/mol. The zero-order chi connectivity index (χ0) is 18.0. The van der Waals surface area contributed by atoms with E-state index in [9.17, 15) is 14.4 Å². The first-order valence-electron chi connectivity index (χ1n) is 9.01. The zero-order valence-electron chi connectivity index (χ0n) is 15.0. The number of carbonyl (C=O) groups is 3. The van der Waals surface area contributed by atoms with Gasteiger partial charge in [-0.25, -0.2) is 0 Å². The molecule has 0 unspecified atom stereocenters. The lowest BCUT2D eigenvalue weighted by Crippen LogP contribution is -2.34. The molecule has 2 aliphatic rings. The Kier molecular flexibility index (Phi) is 5.18. The molecule has 0 aromatic heterocycles. The summed E-state index contributed by atoms with van der Waals surface area (Å²) in [5.41, 5.74) is 1.26. The summed E-state index contributed by atoms with van der Waals surface area (Å²) in [5.74, 6) is -0.590. The van der Waals surface area contributed by atoms with Crippen LogP contribution in [0.5, 0.6) is 0 Å². The van der Waals surface area contributed by atoms with Crippen LogP contribution in [0.25, 0.3) is 0 Å². The van der Waals surface area contributed by atoms with Gasteiger partial charge in [0.2, 0.25) is 0 Å². The van der Waals surface area contributed by atoms with E-state index in [1.54, 1.807) is 18.2 Å². The Balaban J connectivity index is 1.80. The highest BCUT2D eigenvalue weighted by Gasteiger charge is 2.35. The second kappa shape index (κ2) is 7.35. The molecule has 1 fully saturated rings. The average Bonchev–Trinajstić information content (AvgIpc) is 2.76. The summed E-state index contributed by atoms with van der Waals surface area (Å²) in [6, 6.07) is 4.89. The summed E-state index contributed by atoms with van der Waals surface area (Å²) >= 11 is 0. The van der Waals surface area contributed by atoms with E-state index in [2.05, 4.69) is 11.9 Å². The van der Waals surface area contributed by atoms with Gasteiger partial charge in [-0.05, 0) is 44.6 Å². The minimum Gasteiger partial charge on any atom is -0.337 e. The Bertz CT molecular complexity index is 701. The van der Waals surface area contributed by atoms with Gasteiger partial charge in [-0.3, -0.25) is 19.3 Å². The van der Waals surface area contributed by atoms with Gasteiger partial charge in [-0.2, -0.15) is 0 Å². The standard InChI is InChI=1S/C19H25N3O3/c1-3-4-10-22-18(24)15-7-6-14(13-16(15)19(22)25)17(23)21-9-5-8-20(2)11-12-21/h6-7,13H,3-5,8-12H2,1-2H3. The molecule has 0 radical (unpaired) electrons. The summed E-state index contributed by atoms with van der Waals surface area (Å²) in [4.78, 5) is 43.1. The van der Waals surface area contributed by atoms with Crippen LogP contribution in [0.1, 0.15) is 57.3 Å². The van der Waals surface area contributed by atoms with Gasteiger partial charge in [0.1, 0.15) is 0 Å². The van der Waals surface area contributed by atoms with Crippen molar-refractivity contribution >= 4 is 17.7 Å². The smallest absolute Gasteiger partial charge is 0.261 e. The molecule has 3 rings (SSSR count). The number of hydrogen-bond acceptors (Lipinski definition) is 4. The van der Waals surface area contributed by atoms with Gasteiger partial charge in [0, 0.05) is 31.7 Å². The fourth-order valence-corrected chi connectivity index (χ4v) is 3.38. The second-order valence-corrected chi connectivity index (χ2v) is 6.82. The first-order chi connectivity index (χ1) is 12.0. The minimum absolute atomic E-state index is 0.0645. The summed E-state index contributed by atoms with van der Waals surface area (Å²) in [6.07, 6.45) is 2.65. The SMILES string of the molecule is CCCCN1C(=O)c2ccc(C(=O)N3CCCN(C)CC3)cc2C1=O. The van der Waals surface area contributed by atoms with Crippen molar-refractivity contribution < 1.29 is 14.4 Å². The van der Waals surface area contributed by atoms with Crippen molar-refractivity contribution in [2.45, 2.75) is 26.2 Å². The maximum atomic E-state index is 12.8. The van der Waals surface area contributed by atoms with Gasteiger partial charge in [0.05, 0.1) is 11.1 Å². The van der Waals surface area contributed by atoms with Gasteiger partial charge < -0.3 is 9.80 Å². The lowest BCUT2D eigenvalue weighted by atomic mass is 10.0. The third-order valence-corrected chi connectivity index (χ3v) is 4.96. The summed E-state index contributed by atoms with van der Waals surface area (Å²) in [6.45, 7) is 5.68. The highest BCUT2D eigenvalue weighted by molar-refractivity contribution is 6.22. The Morgan fingerprint density at radius 1 is 1.04 bits per heavy atom. The van der Waals surface area contributed by atoms with E-state index in [4.69, 9.17) is 0 Å². The molecule has 0 atom stereocenters. The van der Waals surface area contributed by atoms with Crippen molar-refractivity contribution in [3.63, 3.8) is 0 Å². The Morgan fingerprint density at radius 2 is 1.80 bits per heavy atom. The monoisotopic (exact) mass is 343 g/mol. The molecule has 2 aliphatic heterocycles. The van der Waals surface area contributed by atoms with Gasteiger partial charge in [-0.15, -0.1) is 0 Å². The van der Waals surface area contributed by atoms with Crippen LogP contribution in [0.2, 0.25) is 0 Å². The molecule has 0 N–H and O–H groups in total. The van der Waals surface area contributed by atoms with Gasteiger partial charge in [0.25, 0.3) is 17.7 Å². The molecule has 0 spiro atoms. The maximum absolute atomic E-state index is 12.8. The van der Waals surface area contributed by atoms with Crippen LogP contribution in [0.15, 0.2) is 18.2 Å². The van der Waals surface area contributed by atoms with Crippen molar-refractivity contribution in [1.82, 2.24) is 14.7 Å².